The van der Waals surface area contributed by atoms with Gasteiger partial charge in [-0.15, -0.1) is 0 Å². The van der Waals surface area contributed by atoms with E-state index in [4.69, 9.17) is 0 Å². The van der Waals surface area contributed by atoms with E-state index in [1.807, 2.05) is 0 Å². The summed E-state index contributed by atoms with van der Waals surface area (Å²) in [6.45, 7) is 9.64. The molecular weight excluding hydrogens is 673 g/mol. The van der Waals surface area contributed by atoms with E-state index >= 15 is 0 Å². The fraction of sp³-hybridized carbons (Fsp3) is 0.107. The van der Waals surface area contributed by atoms with Crippen LogP contribution in [0, 0.1) is 0 Å². The molecule has 10 aromatic rings. The molecule has 0 aromatic heterocycles. The first kappa shape index (κ1) is 31.8. The zero-order valence-electron chi connectivity index (χ0n) is 32.2. The predicted octanol–water partition coefficient (Wildman–Crippen LogP) is 15.4. The summed E-state index contributed by atoms with van der Waals surface area (Å²) in [5.41, 5.74) is 16.0. The number of hydrogen-bond acceptors (Lipinski definition) is 0. The lowest BCUT2D eigenvalue weighted by atomic mass is 9.78. The Morgan fingerprint density at radius 3 is 0.982 bits per heavy atom. The van der Waals surface area contributed by atoms with E-state index in [0.29, 0.717) is 0 Å². The Balaban J connectivity index is 0.936. The largest absolute Gasteiger partial charge is 0.0616 e. The predicted molar refractivity (Wildman–Crippen MR) is 240 cm³/mol. The minimum atomic E-state index is -0.123. The maximum absolute atomic E-state index is 2.46. The summed E-state index contributed by atoms with van der Waals surface area (Å²) in [6, 6.07) is 64.2. The van der Waals surface area contributed by atoms with Gasteiger partial charge in [0.15, 0.2) is 0 Å². The van der Waals surface area contributed by atoms with Gasteiger partial charge < -0.3 is 0 Å². The minimum Gasteiger partial charge on any atom is -0.0616 e. The average molecular weight is 713 g/mol. The number of benzene rings is 10. The molecule has 2 aliphatic rings. The highest BCUT2D eigenvalue weighted by Crippen LogP contribution is 2.57. The van der Waals surface area contributed by atoms with Crippen molar-refractivity contribution in [3.05, 3.63) is 192 Å². The number of rotatable bonds is 2. The lowest BCUT2D eigenvalue weighted by Crippen LogP contribution is -2.15. The Morgan fingerprint density at radius 1 is 0.286 bits per heavy atom. The van der Waals surface area contributed by atoms with Crippen molar-refractivity contribution in [1.82, 2.24) is 0 Å². The lowest BCUT2D eigenvalue weighted by Gasteiger charge is -2.24. The van der Waals surface area contributed by atoms with E-state index in [0.717, 1.165) is 0 Å². The van der Waals surface area contributed by atoms with Crippen LogP contribution in [0.3, 0.4) is 0 Å². The van der Waals surface area contributed by atoms with E-state index in [2.05, 4.69) is 198 Å². The molecule has 10 aromatic carbocycles. The van der Waals surface area contributed by atoms with Gasteiger partial charge in [-0.25, -0.2) is 0 Å². The Labute approximate surface area is 327 Å². The molecule has 0 nitrogen and oxygen atoms in total. The first-order chi connectivity index (χ1) is 27.3. The fourth-order valence-electron chi connectivity index (χ4n) is 10.9. The van der Waals surface area contributed by atoms with Gasteiger partial charge in [0, 0.05) is 10.8 Å². The maximum atomic E-state index is 2.46. The monoisotopic (exact) mass is 712 g/mol. The summed E-state index contributed by atoms with van der Waals surface area (Å²) >= 11 is 0. The molecule has 0 unspecified atom stereocenters. The maximum Gasteiger partial charge on any atom is 0.0165 e. The highest BCUT2D eigenvalue weighted by molar-refractivity contribution is 6.19. The van der Waals surface area contributed by atoms with E-state index in [-0.39, 0.29) is 10.8 Å². The van der Waals surface area contributed by atoms with E-state index in [9.17, 15) is 0 Å². The molecule has 264 valence electrons. The fourth-order valence-corrected chi connectivity index (χ4v) is 10.9. The van der Waals surface area contributed by atoms with Crippen molar-refractivity contribution in [3.63, 3.8) is 0 Å². The Hall–Kier alpha value is -6.50. The van der Waals surface area contributed by atoms with Crippen molar-refractivity contribution in [2.45, 2.75) is 38.5 Å². The Morgan fingerprint density at radius 2 is 0.589 bits per heavy atom. The summed E-state index contributed by atoms with van der Waals surface area (Å²) in [6.07, 6.45) is 0. The zero-order chi connectivity index (χ0) is 37.5. The van der Waals surface area contributed by atoms with Crippen molar-refractivity contribution in [2.24, 2.45) is 0 Å². The van der Waals surface area contributed by atoms with E-state index in [1.165, 1.54) is 121 Å². The minimum absolute atomic E-state index is 0.123. The van der Waals surface area contributed by atoms with Crippen molar-refractivity contribution >= 4 is 53.9 Å². The summed E-state index contributed by atoms with van der Waals surface area (Å²) in [5.74, 6) is 0. The Bertz CT molecular complexity index is 3130. The highest BCUT2D eigenvalue weighted by Gasteiger charge is 2.40. The standard InChI is InChI=1S/C56H40/c1-55(2)49-31-37(25-27-47(49)51-43-17-9-5-13-39(43)41-15-7-11-19-45(41)53(51)55)35-23-21-34-30-36(24-22-33(34)29-35)38-26-28-48-50(32-38)56(3,4)54-46-20-12-8-16-42(46)40-14-6-10-18-44(40)52(48)54/h5-32H,1-4H3. The van der Waals surface area contributed by atoms with Gasteiger partial charge in [0.1, 0.15) is 0 Å². The SMILES string of the molecule is CC1(C)c2cc(-c3ccc4cc(-c5ccc6c(c5)C(C)(C)c5c-6c6ccccc6c6ccccc56)ccc4c3)ccc2-c2c1c1ccccc1c1ccccc21. The second-order valence-electron chi connectivity index (χ2n) is 17.2. The average Bonchev–Trinajstić information content (AvgIpc) is 3.63. The van der Waals surface area contributed by atoms with Crippen molar-refractivity contribution < 1.29 is 0 Å². The first-order valence-electron chi connectivity index (χ1n) is 20.0. The molecule has 0 radical (unpaired) electrons. The van der Waals surface area contributed by atoms with Crippen LogP contribution in [0.5, 0.6) is 0 Å². The molecule has 2 aliphatic carbocycles. The topological polar surface area (TPSA) is 0 Å². The molecule has 0 amide bonds. The molecule has 0 heterocycles. The molecular formula is C56H40. The number of fused-ring (bicyclic) bond motifs is 17. The van der Waals surface area contributed by atoms with Crippen LogP contribution < -0.4 is 0 Å². The molecule has 0 atom stereocenters. The zero-order valence-corrected chi connectivity index (χ0v) is 32.2. The van der Waals surface area contributed by atoms with E-state index < -0.39 is 0 Å². The second kappa shape index (κ2) is 11.1. The third-order valence-corrected chi connectivity index (χ3v) is 13.5. The molecule has 0 bridgehead atoms. The summed E-state index contributed by atoms with van der Waals surface area (Å²) in [5, 5.41) is 13.3. The van der Waals surface area contributed by atoms with Gasteiger partial charge in [0.25, 0.3) is 0 Å². The van der Waals surface area contributed by atoms with Gasteiger partial charge in [0.2, 0.25) is 0 Å². The van der Waals surface area contributed by atoms with Gasteiger partial charge in [0.05, 0.1) is 0 Å². The lowest BCUT2D eigenvalue weighted by molar-refractivity contribution is 0.666. The van der Waals surface area contributed by atoms with Crippen LogP contribution in [-0.2, 0) is 10.8 Å². The van der Waals surface area contributed by atoms with Crippen LogP contribution in [0.1, 0.15) is 49.9 Å². The molecule has 56 heavy (non-hydrogen) atoms. The Kier molecular flexibility index (Phi) is 6.28. The summed E-state index contributed by atoms with van der Waals surface area (Å²) < 4.78 is 0. The van der Waals surface area contributed by atoms with Gasteiger partial charge >= 0.3 is 0 Å². The van der Waals surface area contributed by atoms with E-state index in [1.54, 1.807) is 0 Å². The van der Waals surface area contributed by atoms with Crippen LogP contribution in [0.4, 0.5) is 0 Å². The molecule has 0 heteroatoms. The van der Waals surface area contributed by atoms with Crippen LogP contribution in [-0.4, -0.2) is 0 Å². The highest BCUT2D eigenvalue weighted by atomic mass is 14.4. The summed E-state index contributed by atoms with van der Waals surface area (Å²) in [4.78, 5) is 0. The van der Waals surface area contributed by atoms with Crippen LogP contribution >= 0.6 is 0 Å². The quantitative estimate of drug-likeness (QED) is 0.157. The molecule has 0 spiro atoms. The van der Waals surface area contributed by atoms with Crippen LogP contribution in [0.25, 0.3) is 98.4 Å². The van der Waals surface area contributed by atoms with Crippen molar-refractivity contribution in [2.75, 3.05) is 0 Å². The van der Waals surface area contributed by atoms with Crippen LogP contribution in [0.15, 0.2) is 170 Å². The molecule has 0 aliphatic heterocycles. The smallest absolute Gasteiger partial charge is 0.0165 e. The van der Waals surface area contributed by atoms with Gasteiger partial charge in [-0.2, -0.15) is 0 Å². The molecule has 12 rings (SSSR count). The molecule has 0 N–H and O–H groups in total. The van der Waals surface area contributed by atoms with Gasteiger partial charge in [-0.05, 0) is 145 Å². The molecule has 0 saturated carbocycles. The molecule has 0 saturated heterocycles. The number of hydrogen-bond donors (Lipinski definition) is 0. The third kappa shape index (κ3) is 4.14. The van der Waals surface area contributed by atoms with Crippen molar-refractivity contribution in [3.8, 4) is 44.5 Å². The third-order valence-electron chi connectivity index (χ3n) is 13.5. The normalized spacial score (nSPS) is 14.7. The second-order valence-corrected chi connectivity index (χ2v) is 17.2. The van der Waals surface area contributed by atoms with Gasteiger partial charge in [-0.1, -0.05) is 173 Å². The van der Waals surface area contributed by atoms with Crippen LogP contribution in [0.2, 0.25) is 0 Å². The van der Waals surface area contributed by atoms with Gasteiger partial charge in [-0.3, -0.25) is 0 Å². The summed E-state index contributed by atoms with van der Waals surface area (Å²) in [7, 11) is 0. The molecule has 0 fully saturated rings. The van der Waals surface area contributed by atoms with Crippen molar-refractivity contribution in [1.29, 1.82) is 0 Å². The first-order valence-corrected chi connectivity index (χ1v) is 20.0.